The molecular weight excluding hydrogens is 259 g/mol. The average molecular weight is 281 g/mol. The van der Waals surface area contributed by atoms with Gasteiger partial charge in [0.05, 0.1) is 0 Å². The summed E-state index contributed by atoms with van der Waals surface area (Å²) in [6, 6.07) is 0. The van der Waals surface area contributed by atoms with Crippen molar-refractivity contribution in [2.75, 3.05) is 6.54 Å². The molecule has 1 aromatic heterocycles. The van der Waals surface area contributed by atoms with Crippen molar-refractivity contribution in [3.8, 4) is 0 Å². The van der Waals surface area contributed by atoms with Crippen LogP contribution in [0.4, 0.5) is 0 Å². The molecule has 0 fully saturated rings. The van der Waals surface area contributed by atoms with Crippen molar-refractivity contribution >= 4 is 24.8 Å². The predicted octanol–water partition coefficient (Wildman–Crippen LogP) is 2.58. The number of pyridine rings is 1. The summed E-state index contributed by atoms with van der Waals surface area (Å²) in [6.45, 7) is 9.74. The van der Waals surface area contributed by atoms with Crippen LogP contribution in [0.15, 0.2) is 11.0 Å². The number of nitrogens with one attached hydrogen (secondary N) is 2. The van der Waals surface area contributed by atoms with Gasteiger partial charge in [0, 0.05) is 29.6 Å². The topological polar surface area (TPSA) is 44.9 Å². The molecule has 100 valence electrons. The van der Waals surface area contributed by atoms with Gasteiger partial charge in [0.15, 0.2) is 5.43 Å². The van der Waals surface area contributed by atoms with Crippen LogP contribution in [0.2, 0.25) is 0 Å². The van der Waals surface area contributed by atoms with E-state index < -0.39 is 0 Å². The molecule has 5 heteroatoms. The smallest absolute Gasteiger partial charge is 0.187 e. The number of rotatable bonds is 4. The number of aromatic nitrogens is 1. The zero-order valence-corrected chi connectivity index (χ0v) is 12.4. The summed E-state index contributed by atoms with van der Waals surface area (Å²) < 4.78 is 0. The van der Waals surface area contributed by atoms with Crippen LogP contribution in [0.1, 0.15) is 30.7 Å². The Hall–Kier alpha value is -0.510. The number of hydrogen-bond acceptors (Lipinski definition) is 2. The molecule has 3 nitrogen and oxygen atoms in total. The van der Waals surface area contributed by atoms with E-state index in [-0.39, 0.29) is 30.2 Å². The third-order valence-corrected chi connectivity index (χ3v) is 2.47. The van der Waals surface area contributed by atoms with E-state index in [9.17, 15) is 4.79 Å². The maximum Gasteiger partial charge on any atom is 0.187 e. The molecule has 1 heterocycles. The van der Waals surface area contributed by atoms with Crippen LogP contribution in [-0.4, -0.2) is 11.5 Å². The maximum atomic E-state index is 11.6. The first-order chi connectivity index (χ1) is 7.02. The van der Waals surface area contributed by atoms with E-state index in [1.165, 1.54) is 0 Å². The van der Waals surface area contributed by atoms with E-state index in [1.807, 2.05) is 13.8 Å². The second kappa shape index (κ2) is 8.56. The van der Waals surface area contributed by atoms with Crippen LogP contribution in [0, 0.1) is 19.8 Å². The highest BCUT2D eigenvalue weighted by Gasteiger charge is 2.04. The van der Waals surface area contributed by atoms with E-state index in [0.717, 1.165) is 29.9 Å². The Bertz CT molecular complexity index is 389. The first kappa shape index (κ1) is 18.8. The Balaban J connectivity index is 0. The van der Waals surface area contributed by atoms with Crippen LogP contribution in [0.5, 0.6) is 0 Å². The second-order valence-corrected chi connectivity index (χ2v) is 4.43. The zero-order valence-electron chi connectivity index (χ0n) is 10.8. The van der Waals surface area contributed by atoms with Gasteiger partial charge in [-0.2, -0.15) is 0 Å². The molecule has 0 spiro atoms. The molecule has 1 rings (SSSR count). The molecule has 0 bridgehead atoms. The molecule has 0 radical (unpaired) electrons. The molecular formula is C12H22Cl2N2O. The Morgan fingerprint density at radius 3 is 2.41 bits per heavy atom. The summed E-state index contributed by atoms with van der Waals surface area (Å²) in [7, 11) is 0. The van der Waals surface area contributed by atoms with E-state index in [4.69, 9.17) is 0 Å². The van der Waals surface area contributed by atoms with Gasteiger partial charge in [-0.15, -0.1) is 24.8 Å². The van der Waals surface area contributed by atoms with Crippen LogP contribution in [-0.2, 0) is 6.54 Å². The average Bonchev–Trinajstić information content (AvgIpc) is 2.18. The Morgan fingerprint density at radius 1 is 1.29 bits per heavy atom. The van der Waals surface area contributed by atoms with E-state index >= 15 is 0 Å². The molecule has 0 saturated carbocycles. The van der Waals surface area contributed by atoms with E-state index in [1.54, 1.807) is 6.20 Å². The van der Waals surface area contributed by atoms with Crippen molar-refractivity contribution in [1.82, 2.24) is 10.3 Å². The first-order valence-corrected chi connectivity index (χ1v) is 5.41. The summed E-state index contributed by atoms with van der Waals surface area (Å²) in [5, 5.41) is 3.32. The van der Waals surface area contributed by atoms with E-state index in [0.29, 0.717) is 5.92 Å². The predicted molar refractivity (Wildman–Crippen MR) is 77.6 cm³/mol. The molecule has 17 heavy (non-hydrogen) atoms. The van der Waals surface area contributed by atoms with E-state index in [2.05, 4.69) is 24.1 Å². The molecule has 0 atom stereocenters. The minimum atomic E-state index is 0. The lowest BCUT2D eigenvalue weighted by atomic mass is 10.1. The lowest BCUT2D eigenvalue weighted by Crippen LogP contribution is -2.23. The fourth-order valence-corrected chi connectivity index (χ4v) is 1.47. The number of halogens is 2. The summed E-state index contributed by atoms with van der Waals surface area (Å²) in [5.41, 5.74) is 2.74. The van der Waals surface area contributed by atoms with Crippen molar-refractivity contribution in [3.63, 3.8) is 0 Å². The number of aryl methyl sites for hydroxylation is 1. The summed E-state index contributed by atoms with van der Waals surface area (Å²) in [6.07, 6.45) is 1.78. The highest BCUT2D eigenvalue weighted by Crippen LogP contribution is 2.00. The lowest BCUT2D eigenvalue weighted by molar-refractivity contribution is 0.547. The summed E-state index contributed by atoms with van der Waals surface area (Å²) in [4.78, 5) is 14.8. The van der Waals surface area contributed by atoms with Crippen LogP contribution in [0.25, 0.3) is 0 Å². The summed E-state index contributed by atoms with van der Waals surface area (Å²) in [5.74, 6) is 0.627. The van der Waals surface area contributed by atoms with Gasteiger partial charge < -0.3 is 10.3 Å². The highest BCUT2D eigenvalue weighted by atomic mass is 35.5. The monoisotopic (exact) mass is 280 g/mol. The van der Waals surface area contributed by atoms with Gasteiger partial charge >= 0.3 is 0 Å². The van der Waals surface area contributed by atoms with Crippen molar-refractivity contribution < 1.29 is 0 Å². The maximum absolute atomic E-state index is 11.6. The second-order valence-electron chi connectivity index (χ2n) is 4.43. The van der Waals surface area contributed by atoms with Gasteiger partial charge in [0.1, 0.15) is 0 Å². The Kier molecular flexibility index (Phi) is 9.49. The molecule has 0 aliphatic heterocycles. The SMILES string of the molecule is Cc1c[nH]c(CNCC(C)C)c(C)c1=O.Cl.Cl. The first-order valence-electron chi connectivity index (χ1n) is 5.41. The van der Waals surface area contributed by atoms with Gasteiger partial charge in [-0.05, 0) is 26.3 Å². The normalized spacial score (nSPS) is 9.71. The lowest BCUT2D eigenvalue weighted by Gasteiger charge is -2.09. The van der Waals surface area contributed by atoms with Crippen molar-refractivity contribution in [1.29, 1.82) is 0 Å². The fraction of sp³-hybridized carbons (Fsp3) is 0.583. The molecule has 0 unspecified atom stereocenters. The molecule has 0 aliphatic carbocycles. The third kappa shape index (κ3) is 5.57. The number of hydrogen-bond donors (Lipinski definition) is 2. The van der Waals surface area contributed by atoms with Gasteiger partial charge in [-0.3, -0.25) is 4.79 Å². The van der Waals surface area contributed by atoms with Gasteiger partial charge in [0.2, 0.25) is 0 Å². The molecule has 0 aliphatic rings. The van der Waals surface area contributed by atoms with Crippen LogP contribution < -0.4 is 10.7 Å². The molecule has 0 saturated heterocycles. The molecule has 2 N–H and O–H groups in total. The zero-order chi connectivity index (χ0) is 11.4. The third-order valence-electron chi connectivity index (χ3n) is 2.47. The standard InChI is InChI=1S/C12H20N2O.2ClH/c1-8(2)5-13-7-11-10(4)12(15)9(3)6-14-11;;/h6,8,13H,5,7H2,1-4H3,(H,14,15);2*1H. The van der Waals surface area contributed by atoms with Gasteiger partial charge in [-0.1, -0.05) is 13.8 Å². The summed E-state index contributed by atoms with van der Waals surface area (Å²) >= 11 is 0. The van der Waals surface area contributed by atoms with Crippen molar-refractivity contribution in [3.05, 3.63) is 33.2 Å². The Labute approximate surface area is 115 Å². The quantitative estimate of drug-likeness (QED) is 0.891. The minimum Gasteiger partial charge on any atom is -0.363 e. The highest BCUT2D eigenvalue weighted by molar-refractivity contribution is 5.85. The molecule has 1 aromatic rings. The number of aromatic amines is 1. The fourth-order valence-electron chi connectivity index (χ4n) is 1.47. The number of H-pyrrole nitrogens is 1. The van der Waals surface area contributed by atoms with Gasteiger partial charge in [-0.25, -0.2) is 0 Å². The van der Waals surface area contributed by atoms with Crippen molar-refractivity contribution in [2.45, 2.75) is 34.2 Å². The van der Waals surface area contributed by atoms with Gasteiger partial charge in [0.25, 0.3) is 0 Å². The van der Waals surface area contributed by atoms with Crippen LogP contribution in [0.3, 0.4) is 0 Å². The van der Waals surface area contributed by atoms with Crippen LogP contribution >= 0.6 is 24.8 Å². The van der Waals surface area contributed by atoms with Crippen molar-refractivity contribution in [2.24, 2.45) is 5.92 Å². The molecule has 0 aromatic carbocycles. The Morgan fingerprint density at radius 2 is 1.88 bits per heavy atom. The minimum absolute atomic E-state index is 0. The molecule has 0 amide bonds. The largest absolute Gasteiger partial charge is 0.363 e.